The quantitative estimate of drug-likeness (QED) is 0.512. The fourth-order valence-electron chi connectivity index (χ4n) is 3.52. The summed E-state index contributed by atoms with van der Waals surface area (Å²) in [7, 11) is 4.34. The predicted octanol–water partition coefficient (Wildman–Crippen LogP) is 4.43. The Kier molecular flexibility index (Phi) is 6.41. The number of methoxy groups -OCH3 is 3. The van der Waals surface area contributed by atoms with Crippen LogP contribution in [0.25, 0.3) is 0 Å². The summed E-state index contributed by atoms with van der Waals surface area (Å²) in [6, 6.07) is 10.6. The van der Waals surface area contributed by atoms with Crippen LogP contribution in [0.3, 0.4) is 0 Å². The zero-order valence-corrected chi connectivity index (χ0v) is 19.5. The summed E-state index contributed by atoms with van der Waals surface area (Å²) in [4.78, 5) is 26.5. The third-order valence-electron chi connectivity index (χ3n) is 5.28. The highest BCUT2D eigenvalue weighted by Crippen LogP contribution is 2.38. The summed E-state index contributed by atoms with van der Waals surface area (Å²) in [6.45, 7) is 2.05. The maximum atomic E-state index is 13.0. The molecule has 0 saturated heterocycles. The summed E-state index contributed by atoms with van der Waals surface area (Å²) < 4.78 is 26.3. The fraction of sp³-hybridized carbons (Fsp3) is 0.250. The number of carbonyl (C=O) groups is 2. The van der Waals surface area contributed by atoms with Gasteiger partial charge in [0.05, 0.1) is 26.9 Å². The monoisotopic (exact) mass is 469 g/mol. The maximum absolute atomic E-state index is 13.0. The molecule has 172 valence electrons. The summed E-state index contributed by atoms with van der Waals surface area (Å²) in [5, 5.41) is 3.27. The van der Waals surface area contributed by atoms with Gasteiger partial charge in [0.2, 0.25) is 6.79 Å². The molecule has 0 bridgehead atoms. The first-order chi connectivity index (χ1) is 15.9. The van der Waals surface area contributed by atoms with Crippen LogP contribution in [0.2, 0.25) is 0 Å². The van der Waals surface area contributed by atoms with Gasteiger partial charge in [-0.2, -0.15) is 0 Å². The summed E-state index contributed by atoms with van der Waals surface area (Å²) in [5.41, 5.74) is 2.42. The van der Waals surface area contributed by atoms with Crippen LogP contribution in [0.15, 0.2) is 36.4 Å². The molecule has 0 spiro atoms. The lowest BCUT2D eigenvalue weighted by atomic mass is 10.1. The highest BCUT2D eigenvalue weighted by atomic mass is 32.1. The van der Waals surface area contributed by atoms with Crippen LogP contribution in [0.1, 0.15) is 36.7 Å². The van der Waals surface area contributed by atoms with Crippen LogP contribution < -0.4 is 24.3 Å². The molecule has 3 aromatic rings. The SMILES string of the molecule is COC(=O)c1c(NC(=O)c2cc(OC)cc(OC)c2)sc(Cc2ccc3c(c2)OCO3)c1C. The summed E-state index contributed by atoms with van der Waals surface area (Å²) in [5.74, 6) is 1.46. The van der Waals surface area contributed by atoms with E-state index in [0.29, 0.717) is 45.5 Å². The Balaban J connectivity index is 1.65. The van der Waals surface area contributed by atoms with Crippen LogP contribution in [0.4, 0.5) is 5.00 Å². The van der Waals surface area contributed by atoms with E-state index in [1.54, 1.807) is 18.2 Å². The first-order valence-corrected chi connectivity index (χ1v) is 10.9. The van der Waals surface area contributed by atoms with Crippen LogP contribution in [0, 0.1) is 6.92 Å². The van der Waals surface area contributed by atoms with E-state index in [2.05, 4.69) is 5.32 Å². The van der Waals surface area contributed by atoms with E-state index in [4.69, 9.17) is 23.7 Å². The van der Waals surface area contributed by atoms with Crippen LogP contribution in [-0.4, -0.2) is 40.0 Å². The standard InChI is InChI=1S/C24H23NO7S/c1-13-20(8-14-5-6-18-19(7-14)32-12-31-18)33-23(21(13)24(27)30-4)25-22(26)15-9-16(28-2)11-17(10-15)29-3/h5-7,9-11H,8,12H2,1-4H3,(H,25,26). The van der Waals surface area contributed by atoms with Crippen molar-refractivity contribution < 1.29 is 33.3 Å². The maximum Gasteiger partial charge on any atom is 0.341 e. The van der Waals surface area contributed by atoms with E-state index in [9.17, 15) is 9.59 Å². The largest absolute Gasteiger partial charge is 0.497 e. The van der Waals surface area contributed by atoms with Gasteiger partial charge in [0.15, 0.2) is 11.5 Å². The molecule has 9 heteroatoms. The number of carbonyl (C=O) groups excluding carboxylic acids is 2. The van der Waals surface area contributed by atoms with Gasteiger partial charge in [-0.25, -0.2) is 4.79 Å². The van der Waals surface area contributed by atoms with Crippen molar-refractivity contribution in [1.29, 1.82) is 0 Å². The zero-order chi connectivity index (χ0) is 23.5. The van der Waals surface area contributed by atoms with Crippen LogP contribution in [0.5, 0.6) is 23.0 Å². The lowest BCUT2D eigenvalue weighted by Crippen LogP contribution is -2.14. The number of amides is 1. The second kappa shape index (κ2) is 9.41. The lowest BCUT2D eigenvalue weighted by molar-refractivity contribution is 0.0601. The van der Waals surface area contributed by atoms with E-state index in [1.165, 1.54) is 32.7 Å². The minimum absolute atomic E-state index is 0.203. The van der Waals surface area contributed by atoms with Crippen molar-refractivity contribution in [2.75, 3.05) is 33.4 Å². The first kappa shape index (κ1) is 22.5. The molecule has 1 aliphatic heterocycles. The molecule has 33 heavy (non-hydrogen) atoms. The molecule has 0 aliphatic carbocycles. The van der Waals surface area contributed by atoms with Crippen molar-refractivity contribution in [2.45, 2.75) is 13.3 Å². The molecular formula is C24H23NO7S. The number of hydrogen-bond acceptors (Lipinski definition) is 8. The molecule has 1 amide bonds. The second-order valence-corrected chi connectivity index (χ2v) is 8.37. The van der Waals surface area contributed by atoms with Gasteiger partial charge in [-0.15, -0.1) is 11.3 Å². The summed E-state index contributed by atoms with van der Waals surface area (Å²) in [6.07, 6.45) is 0.556. The molecule has 0 fully saturated rings. The number of thiophene rings is 1. The smallest absolute Gasteiger partial charge is 0.341 e. The zero-order valence-electron chi connectivity index (χ0n) is 18.6. The van der Waals surface area contributed by atoms with E-state index in [1.807, 2.05) is 25.1 Å². The highest BCUT2D eigenvalue weighted by molar-refractivity contribution is 7.17. The van der Waals surface area contributed by atoms with E-state index in [-0.39, 0.29) is 6.79 Å². The Morgan fingerprint density at radius 3 is 2.36 bits per heavy atom. The van der Waals surface area contributed by atoms with Crippen molar-refractivity contribution in [3.8, 4) is 23.0 Å². The molecule has 0 unspecified atom stereocenters. The van der Waals surface area contributed by atoms with E-state index in [0.717, 1.165) is 16.0 Å². The van der Waals surface area contributed by atoms with Crippen molar-refractivity contribution in [1.82, 2.24) is 0 Å². The molecule has 4 rings (SSSR count). The third kappa shape index (κ3) is 4.58. The minimum Gasteiger partial charge on any atom is -0.497 e. The van der Waals surface area contributed by atoms with Gasteiger partial charge < -0.3 is 29.0 Å². The van der Waals surface area contributed by atoms with Gasteiger partial charge in [-0.05, 0) is 42.3 Å². The van der Waals surface area contributed by atoms with Crippen LogP contribution in [-0.2, 0) is 11.2 Å². The number of benzene rings is 2. The van der Waals surface area contributed by atoms with E-state index < -0.39 is 11.9 Å². The minimum atomic E-state index is -0.515. The molecule has 1 N–H and O–H groups in total. The molecule has 0 radical (unpaired) electrons. The third-order valence-corrected chi connectivity index (χ3v) is 6.48. The summed E-state index contributed by atoms with van der Waals surface area (Å²) >= 11 is 1.33. The van der Waals surface area contributed by atoms with Crippen molar-refractivity contribution in [3.63, 3.8) is 0 Å². The average Bonchev–Trinajstić information content (AvgIpc) is 3.42. The lowest BCUT2D eigenvalue weighted by Gasteiger charge is -2.09. The normalized spacial score (nSPS) is 11.8. The van der Waals surface area contributed by atoms with Crippen LogP contribution >= 0.6 is 11.3 Å². The predicted molar refractivity (Wildman–Crippen MR) is 123 cm³/mol. The topological polar surface area (TPSA) is 92.3 Å². The Hall–Kier alpha value is -3.72. The van der Waals surface area contributed by atoms with Gasteiger partial charge in [-0.1, -0.05) is 6.07 Å². The number of rotatable bonds is 7. The number of hydrogen-bond donors (Lipinski definition) is 1. The Bertz CT molecular complexity index is 1200. The second-order valence-electron chi connectivity index (χ2n) is 7.27. The Labute approximate surface area is 195 Å². The molecule has 1 aromatic heterocycles. The van der Waals surface area contributed by atoms with Gasteiger partial charge in [-0.3, -0.25) is 4.79 Å². The number of anilines is 1. The van der Waals surface area contributed by atoms with Crippen molar-refractivity contribution in [3.05, 3.63) is 63.5 Å². The molecule has 0 saturated carbocycles. The van der Waals surface area contributed by atoms with E-state index >= 15 is 0 Å². The van der Waals surface area contributed by atoms with Crippen molar-refractivity contribution >= 4 is 28.2 Å². The first-order valence-electron chi connectivity index (χ1n) is 10.1. The number of ether oxygens (including phenoxy) is 5. The van der Waals surface area contributed by atoms with Crippen molar-refractivity contribution in [2.24, 2.45) is 0 Å². The van der Waals surface area contributed by atoms with Gasteiger partial charge >= 0.3 is 5.97 Å². The fourth-order valence-corrected chi connectivity index (χ4v) is 4.74. The average molecular weight is 470 g/mol. The number of fused-ring (bicyclic) bond motifs is 1. The van der Waals surface area contributed by atoms with Gasteiger partial charge in [0.25, 0.3) is 5.91 Å². The number of nitrogens with one attached hydrogen (secondary N) is 1. The highest BCUT2D eigenvalue weighted by Gasteiger charge is 2.24. The Morgan fingerprint density at radius 1 is 1.00 bits per heavy atom. The van der Waals surface area contributed by atoms with Gasteiger partial charge in [0.1, 0.15) is 16.5 Å². The Morgan fingerprint density at radius 2 is 1.70 bits per heavy atom. The van der Waals surface area contributed by atoms with Gasteiger partial charge in [0, 0.05) is 22.9 Å². The molecule has 8 nitrogen and oxygen atoms in total. The molecule has 2 heterocycles. The number of esters is 1. The molecule has 0 atom stereocenters. The molecule has 2 aromatic carbocycles. The molecule has 1 aliphatic rings. The molecular weight excluding hydrogens is 446 g/mol.